The lowest BCUT2D eigenvalue weighted by atomic mass is 10.1. The first-order chi connectivity index (χ1) is 10.4. The van der Waals surface area contributed by atoms with Crippen molar-refractivity contribution in [3.05, 3.63) is 65.2 Å². The smallest absolute Gasteiger partial charge is 0.236 e. The van der Waals surface area contributed by atoms with E-state index in [0.29, 0.717) is 5.02 Å². The van der Waals surface area contributed by atoms with E-state index in [1.807, 2.05) is 6.07 Å². The zero-order valence-corrected chi connectivity index (χ0v) is 13.6. The van der Waals surface area contributed by atoms with Crippen LogP contribution in [0.25, 0.3) is 0 Å². The first kappa shape index (κ1) is 16.5. The molecule has 0 aliphatic heterocycles. The molecule has 0 heterocycles. The summed E-state index contributed by atoms with van der Waals surface area (Å²) in [5.41, 5.74) is 0.745. The molecular formula is C16H16ClNO3S. The van der Waals surface area contributed by atoms with Crippen LogP contribution in [0.5, 0.6) is 0 Å². The van der Waals surface area contributed by atoms with Crippen molar-refractivity contribution in [2.24, 2.45) is 0 Å². The van der Waals surface area contributed by atoms with E-state index in [9.17, 15) is 13.2 Å². The summed E-state index contributed by atoms with van der Waals surface area (Å²) in [6.07, 6.45) is 0. The molecule has 0 aromatic heterocycles. The van der Waals surface area contributed by atoms with Gasteiger partial charge in [0.05, 0.1) is 10.9 Å². The number of hydrogen-bond donors (Lipinski definition) is 1. The fourth-order valence-electron chi connectivity index (χ4n) is 2.07. The number of carbonyl (C=O) groups excluding carboxylic acids is 1. The number of amides is 1. The summed E-state index contributed by atoms with van der Waals surface area (Å²) >= 11 is 6.06. The van der Waals surface area contributed by atoms with Crippen LogP contribution in [0.3, 0.4) is 0 Å². The first-order valence-electron chi connectivity index (χ1n) is 6.72. The molecule has 0 saturated carbocycles. The highest BCUT2D eigenvalue weighted by Gasteiger charge is 2.21. The Morgan fingerprint density at radius 2 is 1.68 bits per heavy atom. The van der Waals surface area contributed by atoms with Gasteiger partial charge in [-0.25, -0.2) is 8.42 Å². The molecule has 2 aromatic rings. The highest BCUT2D eigenvalue weighted by Crippen LogP contribution is 2.22. The fraction of sp³-hybridized carbons (Fsp3) is 0.188. The lowest BCUT2D eigenvalue weighted by Crippen LogP contribution is -2.32. The zero-order chi connectivity index (χ0) is 16.2. The molecule has 0 bridgehead atoms. The lowest BCUT2D eigenvalue weighted by Gasteiger charge is -2.15. The van der Waals surface area contributed by atoms with Gasteiger partial charge in [0.25, 0.3) is 0 Å². The molecule has 0 aliphatic rings. The van der Waals surface area contributed by atoms with E-state index in [2.05, 4.69) is 5.32 Å². The van der Waals surface area contributed by atoms with Crippen molar-refractivity contribution in [3.63, 3.8) is 0 Å². The summed E-state index contributed by atoms with van der Waals surface area (Å²) in [4.78, 5) is 12.1. The normalized spacial score (nSPS) is 12.6. The van der Waals surface area contributed by atoms with Crippen molar-refractivity contribution in [3.8, 4) is 0 Å². The second kappa shape index (κ2) is 6.94. The highest BCUT2D eigenvalue weighted by molar-refractivity contribution is 7.92. The zero-order valence-electron chi connectivity index (χ0n) is 12.0. The number of sulfone groups is 1. The number of nitrogens with one attached hydrogen (secondary N) is 1. The molecule has 0 spiro atoms. The topological polar surface area (TPSA) is 63.2 Å². The van der Waals surface area contributed by atoms with E-state index >= 15 is 0 Å². The number of rotatable bonds is 5. The second-order valence-corrected chi connectivity index (χ2v) is 7.28. The molecule has 1 N–H and O–H groups in total. The summed E-state index contributed by atoms with van der Waals surface area (Å²) in [7, 11) is -3.64. The third kappa shape index (κ3) is 4.08. The molecular weight excluding hydrogens is 322 g/mol. The molecule has 0 aliphatic carbocycles. The summed E-state index contributed by atoms with van der Waals surface area (Å²) in [6, 6.07) is 14.7. The molecule has 22 heavy (non-hydrogen) atoms. The molecule has 2 aromatic carbocycles. The van der Waals surface area contributed by atoms with Crippen LogP contribution in [0, 0.1) is 0 Å². The van der Waals surface area contributed by atoms with Gasteiger partial charge in [-0.1, -0.05) is 48.0 Å². The number of carbonyl (C=O) groups is 1. The van der Waals surface area contributed by atoms with E-state index in [1.165, 1.54) is 12.1 Å². The van der Waals surface area contributed by atoms with Gasteiger partial charge >= 0.3 is 0 Å². The van der Waals surface area contributed by atoms with Crippen LogP contribution in [-0.2, 0) is 14.6 Å². The Labute approximate surface area is 135 Å². The van der Waals surface area contributed by atoms with Crippen LogP contribution in [0.2, 0.25) is 5.02 Å². The van der Waals surface area contributed by atoms with Crippen molar-refractivity contribution in [1.29, 1.82) is 0 Å². The molecule has 4 nitrogen and oxygen atoms in total. The lowest BCUT2D eigenvalue weighted by molar-refractivity contribution is -0.119. The number of benzene rings is 2. The van der Waals surface area contributed by atoms with E-state index in [1.54, 1.807) is 43.3 Å². The summed E-state index contributed by atoms with van der Waals surface area (Å²) in [5.74, 6) is -1.15. The number of hydrogen-bond acceptors (Lipinski definition) is 3. The van der Waals surface area contributed by atoms with E-state index in [4.69, 9.17) is 11.6 Å². The molecule has 2 rings (SSSR count). The Kier molecular flexibility index (Phi) is 5.21. The Hall–Kier alpha value is -1.85. The minimum atomic E-state index is -3.64. The average molecular weight is 338 g/mol. The molecule has 1 unspecified atom stereocenters. The van der Waals surface area contributed by atoms with Gasteiger partial charge in [-0.2, -0.15) is 0 Å². The van der Waals surface area contributed by atoms with Crippen molar-refractivity contribution >= 4 is 27.3 Å². The predicted octanol–water partition coefficient (Wildman–Crippen LogP) is 2.99. The van der Waals surface area contributed by atoms with Gasteiger partial charge in [-0.15, -0.1) is 0 Å². The summed E-state index contributed by atoms with van der Waals surface area (Å²) in [5, 5.41) is 3.19. The molecule has 0 saturated heterocycles. The maximum absolute atomic E-state index is 12.1. The minimum Gasteiger partial charge on any atom is -0.349 e. The SMILES string of the molecule is CC(NC(=O)CS(=O)(=O)c1ccccc1)c1ccccc1Cl. The Balaban J connectivity index is 2.06. The molecule has 1 amide bonds. The van der Waals surface area contributed by atoms with Gasteiger partial charge in [0, 0.05) is 5.02 Å². The monoisotopic (exact) mass is 337 g/mol. The third-order valence-electron chi connectivity index (χ3n) is 3.17. The molecule has 0 fully saturated rings. The van der Waals surface area contributed by atoms with E-state index in [0.717, 1.165) is 5.56 Å². The maximum Gasteiger partial charge on any atom is 0.236 e. The molecule has 0 radical (unpaired) electrons. The van der Waals surface area contributed by atoms with E-state index < -0.39 is 21.5 Å². The van der Waals surface area contributed by atoms with Crippen molar-refractivity contribution in [2.75, 3.05) is 5.75 Å². The quantitative estimate of drug-likeness (QED) is 0.912. The first-order valence-corrected chi connectivity index (χ1v) is 8.75. The molecule has 1 atom stereocenters. The van der Waals surface area contributed by atoms with Gasteiger partial charge in [-0.05, 0) is 30.7 Å². The van der Waals surface area contributed by atoms with Gasteiger partial charge in [0.1, 0.15) is 5.75 Å². The highest BCUT2D eigenvalue weighted by atomic mass is 35.5. The van der Waals surface area contributed by atoms with Crippen LogP contribution >= 0.6 is 11.6 Å². The van der Waals surface area contributed by atoms with Crippen LogP contribution in [-0.4, -0.2) is 20.1 Å². The van der Waals surface area contributed by atoms with Gasteiger partial charge in [-0.3, -0.25) is 4.79 Å². The van der Waals surface area contributed by atoms with Crippen LogP contribution in [0.1, 0.15) is 18.5 Å². The van der Waals surface area contributed by atoms with Crippen LogP contribution in [0.4, 0.5) is 0 Å². The fourth-order valence-corrected chi connectivity index (χ4v) is 3.54. The molecule has 6 heteroatoms. The number of halogens is 1. The maximum atomic E-state index is 12.1. The van der Waals surface area contributed by atoms with Crippen molar-refractivity contribution in [2.45, 2.75) is 17.9 Å². The van der Waals surface area contributed by atoms with Crippen molar-refractivity contribution < 1.29 is 13.2 Å². The van der Waals surface area contributed by atoms with Gasteiger partial charge < -0.3 is 5.32 Å². The van der Waals surface area contributed by atoms with E-state index in [-0.39, 0.29) is 10.9 Å². The Bertz CT molecular complexity index is 760. The van der Waals surface area contributed by atoms with Crippen molar-refractivity contribution in [1.82, 2.24) is 5.32 Å². The predicted molar refractivity (Wildman–Crippen MR) is 86.5 cm³/mol. The second-order valence-electron chi connectivity index (χ2n) is 4.88. The molecule has 116 valence electrons. The minimum absolute atomic E-state index is 0.135. The van der Waals surface area contributed by atoms with Crippen LogP contribution in [0.15, 0.2) is 59.5 Å². The summed E-state index contributed by atoms with van der Waals surface area (Å²) in [6.45, 7) is 1.76. The Morgan fingerprint density at radius 1 is 1.09 bits per heavy atom. The largest absolute Gasteiger partial charge is 0.349 e. The summed E-state index contributed by atoms with van der Waals surface area (Å²) < 4.78 is 24.3. The average Bonchev–Trinajstić information content (AvgIpc) is 2.47. The van der Waals surface area contributed by atoms with Gasteiger partial charge in [0.2, 0.25) is 5.91 Å². The third-order valence-corrected chi connectivity index (χ3v) is 5.15. The van der Waals surface area contributed by atoms with Gasteiger partial charge in [0.15, 0.2) is 9.84 Å². The van der Waals surface area contributed by atoms with Crippen LogP contribution < -0.4 is 5.32 Å². The Morgan fingerprint density at radius 3 is 2.32 bits per heavy atom. The standard InChI is InChI=1S/C16H16ClNO3S/c1-12(14-9-5-6-10-15(14)17)18-16(19)11-22(20,21)13-7-3-2-4-8-13/h2-10,12H,11H2,1H3,(H,18,19).